The zero-order chi connectivity index (χ0) is 28.0. The summed E-state index contributed by atoms with van der Waals surface area (Å²) in [5.74, 6) is 1.39. The molecule has 1 aliphatic rings. The molecule has 0 radical (unpaired) electrons. The zero-order valence-electron chi connectivity index (χ0n) is 22.3. The average Bonchev–Trinajstić information content (AvgIpc) is 3.16. The molecule has 1 heterocycles. The summed E-state index contributed by atoms with van der Waals surface area (Å²) in [6, 6.07) is 10.8. The SMILES string of the molecule is COc1cccc(C[C@H](NC(=O)O)[C@@H](O)CNS(=O)(=O)c2ccc3c(c2)OC(NC(C)C)N3CC(C)C)c1. The van der Waals surface area contributed by atoms with E-state index in [0.29, 0.717) is 17.4 Å². The van der Waals surface area contributed by atoms with Crippen molar-refractivity contribution in [3.05, 3.63) is 48.0 Å². The summed E-state index contributed by atoms with van der Waals surface area (Å²) in [6.07, 6.45) is -2.95. The van der Waals surface area contributed by atoms with Crippen molar-refractivity contribution >= 4 is 21.8 Å². The molecule has 38 heavy (non-hydrogen) atoms. The molecule has 0 spiro atoms. The number of hydrogen-bond donors (Lipinski definition) is 5. The van der Waals surface area contributed by atoms with Crippen LogP contribution in [0, 0.1) is 5.92 Å². The molecular weight excluding hydrogens is 512 g/mol. The third kappa shape index (κ3) is 7.73. The molecule has 0 aliphatic carbocycles. The van der Waals surface area contributed by atoms with Crippen LogP contribution in [0.3, 0.4) is 0 Å². The summed E-state index contributed by atoms with van der Waals surface area (Å²) in [5, 5.41) is 25.6. The Kier molecular flexibility index (Phi) is 9.82. The summed E-state index contributed by atoms with van der Waals surface area (Å²) in [4.78, 5) is 13.4. The van der Waals surface area contributed by atoms with Crippen molar-refractivity contribution in [2.24, 2.45) is 5.92 Å². The molecule has 3 rings (SSSR count). The van der Waals surface area contributed by atoms with Gasteiger partial charge in [-0.15, -0.1) is 0 Å². The monoisotopic (exact) mass is 550 g/mol. The molecule has 2 aromatic rings. The van der Waals surface area contributed by atoms with Gasteiger partial charge < -0.3 is 29.9 Å². The van der Waals surface area contributed by atoms with Crippen LogP contribution < -0.4 is 29.7 Å². The number of amides is 1. The van der Waals surface area contributed by atoms with Gasteiger partial charge in [-0.1, -0.05) is 26.0 Å². The van der Waals surface area contributed by atoms with Gasteiger partial charge in [0.1, 0.15) is 11.5 Å². The summed E-state index contributed by atoms with van der Waals surface area (Å²) in [6.45, 7) is 8.53. The maximum absolute atomic E-state index is 13.1. The Hall–Kier alpha value is -3.06. The first kappa shape index (κ1) is 29.5. The Morgan fingerprint density at radius 3 is 2.53 bits per heavy atom. The molecule has 5 N–H and O–H groups in total. The Bertz CT molecular complexity index is 1210. The first-order valence-electron chi connectivity index (χ1n) is 12.5. The lowest BCUT2D eigenvalue weighted by Crippen LogP contribution is -2.50. The molecule has 11 nitrogen and oxygen atoms in total. The van der Waals surface area contributed by atoms with E-state index in [0.717, 1.165) is 17.8 Å². The summed E-state index contributed by atoms with van der Waals surface area (Å²) in [7, 11) is -2.51. The minimum Gasteiger partial charge on any atom is -0.497 e. The number of sulfonamides is 1. The van der Waals surface area contributed by atoms with Crippen LogP contribution in [0.4, 0.5) is 10.5 Å². The van der Waals surface area contributed by atoms with Crippen molar-refractivity contribution in [3.8, 4) is 11.5 Å². The van der Waals surface area contributed by atoms with E-state index in [1.165, 1.54) is 19.2 Å². The third-order valence-corrected chi connectivity index (χ3v) is 7.38. The molecule has 3 atom stereocenters. The number of fused-ring (bicyclic) bond motifs is 1. The second-order valence-corrected chi connectivity index (χ2v) is 11.8. The maximum Gasteiger partial charge on any atom is 0.404 e. The van der Waals surface area contributed by atoms with Crippen LogP contribution in [0.1, 0.15) is 33.3 Å². The fourth-order valence-corrected chi connectivity index (χ4v) is 5.28. The number of ether oxygens (including phenoxy) is 2. The number of carbonyl (C=O) groups is 1. The lowest BCUT2D eigenvalue weighted by molar-refractivity contribution is 0.122. The fourth-order valence-electron chi connectivity index (χ4n) is 4.22. The first-order chi connectivity index (χ1) is 17.9. The highest BCUT2D eigenvalue weighted by Crippen LogP contribution is 2.38. The molecule has 12 heteroatoms. The minimum atomic E-state index is -4.03. The van der Waals surface area contributed by atoms with Crippen LogP contribution in [-0.2, 0) is 16.4 Å². The van der Waals surface area contributed by atoms with Gasteiger partial charge >= 0.3 is 6.09 Å². The van der Waals surface area contributed by atoms with Crippen molar-refractivity contribution in [1.29, 1.82) is 0 Å². The van der Waals surface area contributed by atoms with Gasteiger partial charge in [0.25, 0.3) is 0 Å². The van der Waals surface area contributed by atoms with Crippen molar-refractivity contribution < 1.29 is 32.9 Å². The van der Waals surface area contributed by atoms with Crippen LogP contribution in [0.5, 0.6) is 11.5 Å². The van der Waals surface area contributed by atoms with E-state index in [1.54, 1.807) is 30.3 Å². The lowest BCUT2D eigenvalue weighted by Gasteiger charge is -2.28. The van der Waals surface area contributed by atoms with Gasteiger partial charge in [-0.25, -0.2) is 17.9 Å². The number of aliphatic hydroxyl groups is 1. The third-order valence-electron chi connectivity index (χ3n) is 5.96. The van der Waals surface area contributed by atoms with E-state index in [1.807, 2.05) is 13.8 Å². The summed E-state index contributed by atoms with van der Waals surface area (Å²) in [5.41, 5.74) is 1.51. The van der Waals surface area contributed by atoms with Crippen molar-refractivity contribution in [1.82, 2.24) is 15.4 Å². The number of anilines is 1. The number of nitrogens with zero attached hydrogens (tertiary/aromatic N) is 1. The van der Waals surface area contributed by atoms with E-state index >= 15 is 0 Å². The molecule has 210 valence electrons. The largest absolute Gasteiger partial charge is 0.497 e. The van der Waals surface area contributed by atoms with Crippen LogP contribution in [-0.4, -0.2) is 69.5 Å². The van der Waals surface area contributed by atoms with Crippen molar-refractivity contribution in [3.63, 3.8) is 0 Å². The number of carboxylic acid groups (broad SMARTS) is 1. The number of hydrogen-bond acceptors (Lipinski definition) is 8. The van der Waals surface area contributed by atoms with Gasteiger partial charge in [0.15, 0.2) is 0 Å². The number of rotatable bonds is 13. The van der Waals surface area contributed by atoms with Gasteiger partial charge in [0.05, 0.1) is 29.8 Å². The second kappa shape index (κ2) is 12.7. The van der Waals surface area contributed by atoms with E-state index in [4.69, 9.17) is 9.47 Å². The molecule has 1 aliphatic heterocycles. The topological polar surface area (TPSA) is 149 Å². The quantitative estimate of drug-likeness (QED) is 0.253. The predicted molar refractivity (Wildman–Crippen MR) is 144 cm³/mol. The van der Waals surface area contributed by atoms with Gasteiger partial charge in [-0.05, 0) is 56.0 Å². The second-order valence-electron chi connectivity index (χ2n) is 10.00. The Morgan fingerprint density at radius 2 is 1.89 bits per heavy atom. The first-order valence-corrected chi connectivity index (χ1v) is 14.0. The standard InChI is InChI=1S/C26H38N4O7S/c1-16(2)15-30-22-10-9-20(13-24(22)37-25(30)28-17(3)4)38(34,35)27-14-23(31)21(29-26(32)33)12-18-7-6-8-19(11-18)36-5/h6-11,13,16-17,21,23,25,27-29,31H,12,14-15H2,1-5H3,(H,32,33)/t21-,23-,25?/m0/s1. The number of benzene rings is 2. The number of methoxy groups -OCH3 is 1. The predicted octanol–water partition coefficient (Wildman–Crippen LogP) is 2.35. The fraction of sp³-hybridized carbons (Fsp3) is 0.500. The van der Waals surface area contributed by atoms with E-state index in [2.05, 4.69) is 34.1 Å². The van der Waals surface area contributed by atoms with E-state index < -0.39 is 41.2 Å². The van der Waals surface area contributed by atoms with Gasteiger partial charge in [0, 0.05) is 25.2 Å². The van der Waals surface area contributed by atoms with Crippen molar-refractivity contribution in [2.45, 2.75) is 63.6 Å². The number of nitrogens with one attached hydrogen (secondary N) is 3. The summed E-state index contributed by atoms with van der Waals surface area (Å²) >= 11 is 0. The lowest BCUT2D eigenvalue weighted by atomic mass is 10.0. The maximum atomic E-state index is 13.1. The molecule has 1 amide bonds. The van der Waals surface area contributed by atoms with E-state index in [9.17, 15) is 23.4 Å². The smallest absolute Gasteiger partial charge is 0.404 e. The molecular formula is C26H38N4O7S. The average molecular weight is 551 g/mol. The molecule has 0 fully saturated rings. The van der Waals surface area contributed by atoms with Crippen LogP contribution >= 0.6 is 0 Å². The highest BCUT2D eigenvalue weighted by molar-refractivity contribution is 7.89. The van der Waals surface area contributed by atoms with Crippen LogP contribution in [0.15, 0.2) is 47.4 Å². The molecule has 0 aromatic heterocycles. The van der Waals surface area contributed by atoms with E-state index in [-0.39, 0.29) is 17.4 Å². The van der Waals surface area contributed by atoms with Crippen molar-refractivity contribution in [2.75, 3.05) is 25.1 Å². The van der Waals surface area contributed by atoms with Gasteiger partial charge in [-0.3, -0.25) is 5.32 Å². The molecule has 0 saturated heterocycles. The Balaban J connectivity index is 1.73. The minimum absolute atomic E-state index is 0.0197. The molecule has 1 unspecified atom stereocenters. The van der Waals surface area contributed by atoms with Gasteiger partial charge in [0.2, 0.25) is 16.4 Å². The highest BCUT2D eigenvalue weighted by Gasteiger charge is 2.33. The highest BCUT2D eigenvalue weighted by atomic mass is 32.2. The number of aliphatic hydroxyl groups excluding tert-OH is 1. The van der Waals surface area contributed by atoms with Crippen LogP contribution in [0.25, 0.3) is 0 Å². The summed E-state index contributed by atoms with van der Waals surface area (Å²) < 4.78 is 39.8. The van der Waals surface area contributed by atoms with Gasteiger partial charge in [-0.2, -0.15) is 0 Å². The van der Waals surface area contributed by atoms with Crippen LogP contribution in [0.2, 0.25) is 0 Å². The molecule has 0 saturated carbocycles. The normalized spacial score (nSPS) is 16.7. The Labute approximate surface area is 224 Å². The Morgan fingerprint density at radius 1 is 1.16 bits per heavy atom. The molecule has 0 bridgehead atoms. The zero-order valence-corrected chi connectivity index (χ0v) is 23.2. The molecule has 2 aromatic carbocycles.